The molecule has 0 unspecified atom stereocenters. The normalized spacial score (nSPS) is 20.8. The quantitative estimate of drug-likeness (QED) is 0.740. The number of nitrogens with one attached hydrogen (secondary N) is 2. The van der Waals surface area contributed by atoms with Crippen molar-refractivity contribution in [1.29, 1.82) is 0 Å². The summed E-state index contributed by atoms with van der Waals surface area (Å²) < 4.78 is 0. The van der Waals surface area contributed by atoms with E-state index in [1.54, 1.807) is 0 Å². The maximum Gasteiger partial charge on any atom is 0.224 e. The summed E-state index contributed by atoms with van der Waals surface area (Å²) in [4.78, 5) is 14.5. The third kappa shape index (κ3) is 4.46. The largest absolute Gasteiger partial charge is 0.392 e. The topological polar surface area (TPSA) is 81.2 Å². The maximum atomic E-state index is 12.3. The van der Waals surface area contributed by atoms with Crippen LogP contribution in [0.2, 0.25) is 0 Å². The molecular weight excluding hydrogens is 316 g/mol. The number of amides is 1. The van der Waals surface area contributed by atoms with Gasteiger partial charge in [-0.3, -0.25) is 14.8 Å². The molecule has 2 heterocycles. The molecule has 0 spiro atoms. The molecule has 134 valence electrons. The lowest BCUT2D eigenvalue weighted by Crippen LogP contribution is -2.40. The molecule has 2 aromatic rings. The smallest absolute Gasteiger partial charge is 0.224 e. The van der Waals surface area contributed by atoms with Gasteiger partial charge >= 0.3 is 0 Å². The van der Waals surface area contributed by atoms with Crippen LogP contribution >= 0.6 is 0 Å². The van der Waals surface area contributed by atoms with E-state index in [-0.39, 0.29) is 18.1 Å². The van der Waals surface area contributed by atoms with Crippen molar-refractivity contribution in [2.24, 2.45) is 0 Å². The van der Waals surface area contributed by atoms with Crippen molar-refractivity contribution in [3.05, 3.63) is 52.8 Å². The van der Waals surface area contributed by atoms with Crippen molar-refractivity contribution in [3.8, 4) is 0 Å². The highest BCUT2D eigenvalue weighted by atomic mass is 16.3. The lowest BCUT2D eigenvalue weighted by Gasteiger charge is -2.24. The van der Waals surface area contributed by atoms with Crippen molar-refractivity contribution in [2.75, 3.05) is 13.1 Å². The molecule has 25 heavy (non-hydrogen) atoms. The van der Waals surface area contributed by atoms with Gasteiger partial charge in [-0.05, 0) is 25.8 Å². The number of aromatic nitrogens is 2. The zero-order chi connectivity index (χ0) is 17.8. The van der Waals surface area contributed by atoms with Gasteiger partial charge in [0, 0.05) is 36.9 Å². The van der Waals surface area contributed by atoms with Crippen LogP contribution in [0.4, 0.5) is 0 Å². The predicted molar refractivity (Wildman–Crippen MR) is 96.0 cm³/mol. The number of aliphatic hydroxyl groups excluding tert-OH is 1. The average Bonchev–Trinajstić information content (AvgIpc) is 3.10. The van der Waals surface area contributed by atoms with E-state index >= 15 is 0 Å². The Hall–Kier alpha value is -2.18. The first-order chi connectivity index (χ1) is 12.0. The third-order valence-corrected chi connectivity index (χ3v) is 4.89. The summed E-state index contributed by atoms with van der Waals surface area (Å²) in [5.41, 5.74) is 3.99. The molecule has 1 aromatic heterocycles. The van der Waals surface area contributed by atoms with Crippen molar-refractivity contribution < 1.29 is 9.90 Å². The Morgan fingerprint density at radius 2 is 2.12 bits per heavy atom. The maximum absolute atomic E-state index is 12.3. The number of benzene rings is 1. The van der Waals surface area contributed by atoms with E-state index in [2.05, 4.69) is 32.5 Å². The second-order valence-corrected chi connectivity index (χ2v) is 6.85. The van der Waals surface area contributed by atoms with E-state index in [0.29, 0.717) is 25.9 Å². The van der Waals surface area contributed by atoms with Crippen molar-refractivity contribution in [1.82, 2.24) is 20.4 Å². The number of β-amino-alcohol motifs (C(OH)–C–C–N with tert-alkyl or cyclic N) is 1. The Kier molecular flexibility index (Phi) is 5.50. The molecule has 1 aromatic carbocycles. The molecule has 1 amide bonds. The number of hydrogen-bond donors (Lipinski definition) is 3. The first-order valence-electron chi connectivity index (χ1n) is 8.76. The van der Waals surface area contributed by atoms with Crippen LogP contribution in [0.25, 0.3) is 0 Å². The number of carbonyl (C=O) groups excluding carboxylic acids is 1. The zero-order valence-corrected chi connectivity index (χ0v) is 14.8. The second-order valence-electron chi connectivity index (χ2n) is 6.85. The summed E-state index contributed by atoms with van der Waals surface area (Å²) in [6.45, 7) is 5.82. The second kappa shape index (κ2) is 7.80. The summed E-state index contributed by atoms with van der Waals surface area (Å²) >= 11 is 0. The van der Waals surface area contributed by atoms with Gasteiger partial charge in [0.1, 0.15) is 0 Å². The number of rotatable bonds is 6. The molecule has 0 bridgehead atoms. The van der Waals surface area contributed by atoms with E-state index in [1.807, 2.05) is 32.0 Å². The van der Waals surface area contributed by atoms with E-state index in [9.17, 15) is 9.90 Å². The molecule has 6 nitrogen and oxygen atoms in total. The highest BCUT2D eigenvalue weighted by Crippen LogP contribution is 2.20. The molecule has 6 heteroatoms. The molecule has 1 fully saturated rings. The fourth-order valence-corrected chi connectivity index (χ4v) is 3.47. The summed E-state index contributed by atoms with van der Waals surface area (Å²) in [5, 5.41) is 20.1. The first-order valence-corrected chi connectivity index (χ1v) is 8.76. The highest BCUT2D eigenvalue weighted by Gasteiger charge is 2.31. The van der Waals surface area contributed by atoms with Crippen molar-refractivity contribution in [2.45, 2.75) is 45.4 Å². The molecule has 1 saturated heterocycles. The Morgan fingerprint density at radius 1 is 1.36 bits per heavy atom. The van der Waals surface area contributed by atoms with E-state index in [1.165, 1.54) is 5.56 Å². The summed E-state index contributed by atoms with van der Waals surface area (Å²) in [6.07, 6.45) is 0.697. The summed E-state index contributed by atoms with van der Waals surface area (Å²) in [7, 11) is 0. The minimum Gasteiger partial charge on any atom is -0.392 e. The van der Waals surface area contributed by atoms with Crippen LogP contribution in [0, 0.1) is 13.8 Å². The first kappa shape index (κ1) is 17.6. The monoisotopic (exact) mass is 342 g/mol. The fraction of sp³-hybridized carbons (Fsp3) is 0.474. The number of carbonyl (C=O) groups is 1. The molecule has 0 saturated carbocycles. The number of hydrogen-bond acceptors (Lipinski definition) is 4. The van der Waals surface area contributed by atoms with Crippen LogP contribution in [-0.2, 0) is 17.8 Å². The summed E-state index contributed by atoms with van der Waals surface area (Å²) in [5.74, 6) is -0.00588. The highest BCUT2D eigenvalue weighted by molar-refractivity contribution is 5.79. The minimum atomic E-state index is -0.330. The zero-order valence-electron chi connectivity index (χ0n) is 14.8. The van der Waals surface area contributed by atoms with Crippen LogP contribution < -0.4 is 5.32 Å². The molecule has 3 rings (SSSR count). The van der Waals surface area contributed by atoms with Gasteiger partial charge in [0.05, 0.1) is 18.2 Å². The molecular formula is C19H26N4O2. The van der Waals surface area contributed by atoms with Gasteiger partial charge in [0.25, 0.3) is 0 Å². The minimum absolute atomic E-state index is 0.00588. The molecule has 1 aliphatic heterocycles. The Balaban J connectivity index is 1.54. The standard InChI is InChI=1S/C19H26N4O2/c1-13-18(14(2)22-21-13)9-19(25)20-10-16-8-17(24)12-23(16)11-15-6-4-3-5-7-15/h3-7,16-17,24H,8-12H2,1-2H3,(H,20,25)(H,21,22)/t16-,17-/m1/s1. The van der Waals surface area contributed by atoms with Gasteiger partial charge in [-0.15, -0.1) is 0 Å². The molecule has 3 N–H and O–H groups in total. The Bertz CT molecular complexity index is 694. The molecule has 0 radical (unpaired) electrons. The van der Waals surface area contributed by atoms with Gasteiger partial charge in [0.15, 0.2) is 0 Å². The van der Waals surface area contributed by atoms with E-state index in [0.717, 1.165) is 23.5 Å². The van der Waals surface area contributed by atoms with Gasteiger partial charge in [-0.25, -0.2) is 0 Å². The van der Waals surface area contributed by atoms with Crippen LogP contribution in [0.15, 0.2) is 30.3 Å². The number of aromatic amines is 1. The Morgan fingerprint density at radius 3 is 2.80 bits per heavy atom. The van der Waals surface area contributed by atoms with Crippen LogP contribution in [0.5, 0.6) is 0 Å². The molecule has 1 aliphatic rings. The van der Waals surface area contributed by atoms with Gasteiger partial charge < -0.3 is 10.4 Å². The lowest BCUT2D eigenvalue weighted by atomic mass is 10.1. The molecule has 0 aliphatic carbocycles. The van der Waals surface area contributed by atoms with Crippen molar-refractivity contribution >= 4 is 5.91 Å². The third-order valence-electron chi connectivity index (χ3n) is 4.89. The fourth-order valence-electron chi connectivity index (χ4n) is 3.47. The number of aryl methyl sites for hydroxylation is 2. The number of aliphatic hydroxyl groups is 1. The number of nitrogens with zero attached hydrogens (tertiary/aromatic N) is 2. The van der Waals surface area contributed by atoms with Gasteiger partial charge in [0.2, 0.25) is 5.91 Å². The Labute approximate surface area is 148 Å². The van der Waals surface area contributed by atoms with Gasteiger partial charge in [-0.2, -0.15) is 5.10 Å². The molecule has 2 atom stereocenters. The van der Waals surface area contributed by atoms with Crippen LogP contribution in [0.1, 0.15) is 28.9 Å². The summed E-state index contributed by atoms with van der Waals surface area (Å²) in [6, 6.07) is 10.4. The SMILES string of the molecule is Cc1n[nH]c(C)c1CC(=O)NC[C@H]1C[C@@H](O)CN1Cc1ccccc1. The van der Waals surface area contributed by atoms with Gasteiger partial charge in [-0.1, -0.05) is 30.3 Å². The average molecular weight is 342 g/mol. The van der Waals surface area contributed by atoms with Crippen molar-refractivity contribution in [3.63, 3.8) is 0 Å². The number of H-pyrrole nitrogens is 1. The predicted octanol–water partition coefficient (Wildman–Crippen LogP) is 1.32. The van der Waals surface area contributed by atoms with E-state index < -0.39 is 0 Å². The van der Waals surface area contributed by atoms with Crippen LogP contribution in [0.3, 0.4) is 0 Å². The van der Waals surface area contributed by atoms with E-state index in [4.69, 9.17) is 0 Å². The number of likely N-dealkylation sites (tertiary alicyclic amines) is 1. The van der Waals surface area contributed by atoms with Crippen LogP contribution in [-0.4, -0.2) is 51.3 Å². The lowest BCUT2D eigenvalue weighted by molar-refractivity contribution is -0.120.